The molecule has 104 valence electrons. The minimum atomic E-state index is -0.448. The molecule has 2 amide bonds. The van der Waals surface area contributed by atoms with Crippen molar-refractivity contribution in [3.05, 3.63) is 58.9 Å². The summed E-state index contributed by atoms with van der Waals surface area (Å²) >= 11 is 5.84. The monoisotopic (exact) mass is 292 g/mol. The van der Waals surface area contributed by atoms with Crippen LogP contribution in [-0.2, 0) is 6.42 Å². The van der Waals surface area contributed by atoms with E-state index in [0.29, 0.717) is 11.4 Å². The zero-order valence-electron chi connectivity index (χ0n) is 10.9. The van der Waals surface area contributed by atoms with Crippen LogP contribution in [0, 0.1) is 5.82 Å². The molecule has 5 heteroatoms. The highest BCUT2D eigenvalue weighted by Crippen LogP contribution is 2.22. The van der Waals surface area contributed by atoms with Gasteiger partial charge in [-0.05, 0) is 42.3 Å². The summed E-state index contributed by atoms with van der Waals surface area (Å²) in [7, 11) is 0. The molecule has 0 fully saturated rings. The second kappa shape index (κ2) is 6.39. The van der Waals surface area contributed by atoms with Gasteiger partial charge in [0.15, 0.2) is 0 Å². The Kier molecular flexibility index (Phi) is 4.58. The number of amides is 2. The Morgan fingerprint density at radius 2 is 2.00 bits per heavy atom. The van der Waals surface area contributed by atoms with Gasteiger partial charge in [-0.1, -0.05) is 30.7 Å². The third-order valence-corrected chi connectivity index (χ3v) is 3.09. The number of hydrogen-bond acceptors (Lipinski definition) is 1. The van der Waals surface area contributed by atoms with Gasteiger partial charge in [0.25, 0.3) is 0 Å². The molecule has 0 aliphatic carbocycles. The van der Waals surface area contributed by atoms with E-state index in [2.05, 4.69) is 10.6 Å². The second-order valence-corrected chi connectivity index (χ2v) is 4.66. The average Bonchev–Trinajstić information content (AvgIpc) is 2.42. The summed E-state index contributed by atoms with van der Waals surface area (Å²) in [5.74, 6) is -0.448. The molecule has 0 saturated carbocycles. The van der Waals surface area contributed by atoms with Crippen LogP contribution in [-0.4, -0.2) is 6.03 Å². The van der Waals surface area contributed by atoms with Gasteiger partial charge in [-0.2, -0.15) is 0 Å². The summed E-state index contributed by atoms with van der Waals surface area (Å²) in [6, 6.07) is 10.9. The molecule has 0 bridgehead atoms. The lowest BCUT2D eigenvalue weighted by Crippen LogP contribution is -2.19. The minimum Gasteiger partial charge on any atom is -0.308 e. The Morgan fingerprint density at radius 1 is 1.20 bits per heavy atom. The summed E-state index contributed by atoms with van der Waals surface area (Å²) in [6.45, 7) is 2.04. The van der Waals surface area contributed by atoms with Crippen LogP contribution in [0.3, 0.4) is 0 Å². The second-order valence-electron chi connectivity index (χ2n) is 4.26. The quantitative estimate of drug-likeness (QED) is 0.847. The Labute approximate surface area is 121 Å². The molecule has 2 aromatic carbocycles. The number of urea groups is 1. The Bertz CT molecular complexity index is 631. The number of rotatable bonds is 3. The fourth-order valence-corrected chi connectivity index (χ4v) is 1.96. The summed E-state index contributed by atoms with van der Waals surface area (Å²) in [5, 5.41) is 5.43. The van der Waals surface area contributed by atoms with Gasteiger partial charge in [-0.25, -0.2) is 9.18 Å². The number of hydrogen-bond donors (Lipinski definition) is 2. The lowest BCUT2D eigenvalue weighted by Gasteiger charge is -2.09. The molecule has 0 saturated heterocycles. The highest BCUT2D eigenvalue weighted by molar-refractivity contribution is 6.33. The van der Waals surface area contributed by atoms with Gasteiger partial charge in [0.1, 0.15) is 5.82 Å². The van der Waals surface area contributed by atoms with E-state index in [1.54, 1.807) is 6.07 Å². The van der Waals surface area contributed by atoms with Crippen LogP contribution in [0.15, 0.2) is 42.5 Å². The third-order valence-electron chi connectivity index (χ3n) is 2.77. The molecule has 2 aromatic rings. The molecule has 0 aliphatic heterocycles. The van der Waals surface area contributed by atoms with E-state index in [9.17, 15) is 9.18 Å². The van der Waals surface area contributed by atoms with E-state index in [-0.39, 0.29) is 5.02 Å². The van der Waals surface area contributed by atoms with Crippen molar-refractivity contribution >= 4 is 29.0 Å². The first kappa shape index (κ1) is 14.3. The molecule has 3 nitrogen and oxygen atoms in total. The van der Waals surface area contributed by atoms with E-state index in [4.69, 9.17) is 11.6 Å². The lowest BCUT2D eigenvalue weighted by molar-refractivity contribution is 0.262. The van der Waals surface area contributed by atoms with Gasteiger partial charge in [0, 0.05) is 5.69 Å². The van der Waals surface area contributed by atoms with Crippen LogP contribution in [0.1, 0.15) is 12.5 Å². The first-order valence-electron chi connectivity index (χ1n) is 6.20. The number of halogens is 2. The maximum Gasteiger partial charge on any atom is 0.323 e. The van der Waals surface area contributed by atoms with Crippen molar-refractivity contribution in [2.45, 2.75) is 13.3 Å². The first-order chi connectivity index (χ1) is 9.58. The maximum absolute atomic E-state index is 12.9. The fourth-order valence-electron chi connectivity index (χ4n) is 1.74. The molecule has 0 aromatic heterocycles. The van der Waals surface area contributed by atoms with Crippen molar-refractivity contribution in [1.82, 2.24) is 0 Å². The Balaban J connectivity index is 2.05. The van der Waals surface area contributed by atoms with Crippen molar-refractivity contribution in [2.24, 2.45) is 0 Å². The standard InChI is InChI=1S/C15H14ClFN2O/c1-2-10-4-3-5-12(8-10)18-15(20)19-14-7-6-11(17)9-13(14)16/h3-9H,2H2,1H3,(H2,18,19,20). The van der Waals surface area contributed by atoms with Crippen LogP contribution in [0.2, 0.25) is 5.02 Å². The fraction of sp³-hybridized carbons (Fsp3) is 0.133. The molecule has 0 aliphatic rings. The SMILES string of the molecule is CCc1cccc(NC(=O)Nc2ccc(F)cc2Cl)c1. The molecular formula is C15H14ClFN2O. The number of anilines is 2. The van der Waals surface area contributed by atoms with Crippen LogP contribution < -0.4 is 10.6 Å². The maximum atomic E-state index is 12.9. The van der Waals surface area contributed by atoms with Gasteiger partial charge in [0.2, 0.25) is 0 Å². The van der Waals surface area contributed by atoms with Gasteiger partial charge in [-0.3, -0.25) is 0 Å². The largest absolute Gasteiger partial charge is 0.323 e. The molecule has 0 atom stereocenters. The van der Waals surface area contributed by atoms with E-state index < -0.39 is 11.8 Å². The van der Waals surface area contributed by atoms with Crippen LogP contribution in [0.5, 0.6) is 0 Å². The summed E-state index contributed by atoms with van der Waals surface area (Å²) in [6.07, 6.45) is 0.890. The van der Waals surface area contributed by atoms with Crippen molar-refractivity contribution < 1.29 is 9.18 Å². The predicted octanol–water partition coefficient (Wildman–Crippen LogP) is 4.69. The zero-order chi connectivity index (χ0) is 14.5. The number of nitrogens with one attached hydrogen (secondary N) is 2. The highest BCUT2D eigenvalue weighted by Gasteiger charge is 2.07. The van der Waals surface area contributed by atoms with Crippen molar-refractivity contribution in [1.29, 1.82) is 0 Å². The van der Waals surface area contributed by atoms with E-state index in [1.165, 1.54) is 12.1 Å². The van der Waals surface area contributed by atoms with Crippen LogP contribution in [0.4, 0.5) is 20.6 Å². The Morgan fingerprint density at radius 3 is 2.70 bits per heavy atom. The zero-order valence-corrected chi connectivity index (χ0v) is 11.7. The summed E-state index contributed by atoms with van der Waals surface area (Å²) in [5.41, 5.74) is 2.18. The van der Waals surface area contributed by atoms with Gasteiger partial charge in [-0.15, -0.1) is 0 Å². The first-order valence-corrected chi connectivity index (χ1v) is 6.58. The van der Waals surface area contributed by atoms with Crippen LogP contribution in [0.25, 0.3) is 0 Å². The van der Waals surface area contributed by atoms with Crippen LogP contribution >= 0.6 is 11.6 Å². The molecule has 0 unspecified atom stereocenters. The lowest BCUT2D eigenvalue weighted by atomic mass is 10.1. The summed E-state index contributed by atoms with van der Waals surface area (Å²) < 4.78 is 12.9. The van der Waals surface area contributed by atoms with Crippen molar-refractivity contribution in [3.63, 3.8) is 0 Å². The molecule has 20 heavy (non-hydrogen) atoms. The van der Waals surface area contributed by atoms with Gasteiger partial charge in [0.05, 0.1) is 10.7 Å². The van der Waals surface area contributed by atoms with E-state index in [0.717, 1.165) is 18.1 Å². The molecule has 0 spiro atoms. The summed E-state index contributed by atoms with van der Waals surface area (Å²) in [4.78, 5) is 11.8. The van der Waals surface area contributed by atoms with Gasteiger partial charge < -0.3 is 10.6 Å². The van der Waals surface area contributed by atoms with Gasteiger partial charge >= 0.3 is 6.03 Å². The highest BCUT2D eigenvalue weighted by atomic mass is 35.5. The van der Waals surface area contributed by atoms with E-state index >= 15 is 0 Å². The number of carbonyl (C=O) groups is 1. The number of benzene rings is 2. The molecule has 2 rings (SSSR count). The molecule has 2 N–H and O–H groups in total. The smallest absolute Gasteiger partial charge is 0.308 e. The average molecular weight is 293 g/mol. The topological polar surface area (TPSA) is 41.1 Å². The van der Waals surface area contributed by atoms with Crippen molar-refractivity contribution in [2.75, 3.05) is 10.6 Å². The normalized spacial score (nSPS) is 10.2. The van der Waals surface area contributed by atoms with Crippen molar-refractivity contribution in [3.8, 4) is 0 Å². The minimum absolute atomic E-state index is 0.155. The molecule has 0 radical (unpaired) electrons. The predicted molar refractivity (Wildman–Crippen MR) is 79.9 cm³/mol. The molecular weight excluding hydrogens is 279 g/mol. The number of carbonyl (C=O) groups excluding carboxylic acids is 1. The third kappa shape index (κ3) is 3.71. The van der Waals surface area contributed by atoms with E-state index in [1.807, 2.05) is 25.1 Å². The molecule has 0 heterocycles. The number of aryl methyl sites for hydroxylation is 1. The Hall–Kier alpha value is -2.07.